The summed E-state index contributed by atoms with van der Waals surface area (Å²) in [5.41, 5.74) is 0. The van der Waals surface area contributed by atoms with Gasteiger partial charge in [0, 0.05) is 0 Å². The summed E-state index contributed by atoms with van der Waals surface area (Å²) in [5.74, 6) is 0. The van der Waals surface area contributed by atoms with E-state index in [2.05, 4.69) is 0 Å². The third-order valence-electron chi connectivity index (χ3n) is 0. The Labute approximate surface area is 103 Å². The fraction of sp³-hybridized carbons (Fsp3) is 0. The van der Waals surface area contributed by atoms with E-state index in [1.54, 1.807) is 0 Å². The third-order valence-corrected chi connectivity index (χ3v) is 0. The summed E-state index contributed by atoms with van der Waals surface area (Å²) in [5, 5.41) is 0. The molecule has 0 amide bonds. The minimum atomic E-state index is -4.94. The molecule has 36 valence electrons. The molecule has 0 aromatic heterocycles. The van der Waals surface area contributed by atoms with Crippen LogP contribution in [-0.4, -0.2) is 0 Å². The Hall–Kier alpha value is 2.48. The first kappa shape index (κ1) is 16.2. The van der Waals surface area contributed by atoms with Crippen molar-refractivity contribution in [1.82, 2.24) is 0 Å². The van der Waals surface area contributed by atoms with E-state index in [4.69, 9.17) is 18.6 Å². The zero-order valence-electron chi connectivity index (χ0n) is 5.51. The molecule has 0 rings (SSSR count). The summed E-state index contributed by atoms with van der Waals surface area (Å²) >= 11 is 0. The molecule has 7 heavy (non-hydrogen) atoms. The largest absolute Gasteiger partial charge is 4.00 e. The maximum absolute atomic E-state index is 8.49. The molecule has 0 radical (unpaired) electrons. The van der Waals surface area contributed by atoms with Crippen molar-refractivity contribution in [3.05, 3.63) is 0 Å². The second-order valence-corrected chi connectivity index (χ2v) is 1.13. The molecule has 0 aromatic carbocycles. The molecule has 0 atom stereocenters. The van der Waals surface area contributed by atoms with Gasteiger partial charge in [0.05, 0.1) is 0 Å². The molecule has 0 fully saturated rings. The van der Waals surface area contributed by atoms with E-state index in [1.807, 2.05) is 0 Å². The predicted octanol–water partition coefficient (Wildman–Crippen LogP) is -7.53. The van der Waals surface area contributed by atoms with Crippen LogP contribution in [0.15, 0.2) is 0 Å². The molecule has 4 nitrogen and oxygen atoms in total. The standard InChI is InChI=1S/ClHO4.K.Ti.2H/c2-1(3,4)5;;;;/h(H,2,3,4,5);;;;/q;+1;+4;2*-1/p-1. The number of hydrogen-bond donors (Lipinski definition) is 0. The van der Waals surface area contributed by atoms with Crippen LogP contribution in [0.2, 0.25) is 0 Å². The van der Waals surface area contributed by atoms with Crippen LogP contribution in [0.4, 0.5) is 0 Å². The fourth-order valence-electron chi connectivity index (χ4n) is 0. The monoisotopic (exact) mass is 188 g/mol. The van der Waals surface area contributed by atoms with E-state index < -0.39 is 10.2 Å². The van der Waals surface area contributed by atoms with Gasteiger partial charge in [-0.2, -0.15) is 0 Å². The minimum Gasteiger partial charge on any atom is -1.00 e. The first-order valence-corrected chi connectivity index (χ1v) is 1.85. The van der Waals surface area contributed by atoms with Gasteiger partial charge in [-0.1, -0.05) is 0 Å². The number of hydrogen-bond acceptors (Lipinski definition) is 4. The van der Waals surface area contributed by atoms with Crippen LogP contribution >= 0.6 is 0 Å². The Morgan fingerprint density at radius 1 is 1.00 bits per heavy atom. The summed E-state index contributed by atoms with van der Waals surface area (Å²) in [7, 11) is -4.94. The molecule has 0 aliphatic rings. The molecule has 0 aliphatic heterocycles. The Balaban J connectivity index is -0.0000000133. The van der Waals surface area contributed by atoms with Gasteiger partial charge in [-0.15, -0.1) is 10.2 Å². The maximum Gasteiger partial charge on any atom is 4.00 e. The Bertz CT molecular complexity index is 34.0. The SMILES string of the molecule is [H-].[H-].[K+].[O-][Cl+3]([O-])([O-])[O-].[Ti+4]. The normalized spacial score (nSPS) is 8.57. The van der Waals surface area contributed by atoms with Crippen molar-refractivity contribution in [1.29, 1.82) is 0 Å². The Morgan fingerprint density at radius 2 is 1.00 bits per heavy atom. The molecule has 7 heteroatoms. The van der Waals surface area contributed by atoms with Gasteiger partial charge in [-0.05, 0) is 0 Å². The summed E-state index contributed by atoms with van der Waals surface area (Å²) in [6.45, 7) is 0. The van der Waals surface area contributed by atoms with Gasteiger partial charge in [0.15, 0.2) is 0 Å². The zero-order valence-corrected chi connectivity index (χ0v) is 8.95. The van der Waals surface area contributed by atoms with Crippen molar-refractivity contribution >= 4 is 0 Å². The first-order chi connectivity index (χ1) is 2.00. The molecule has 0 saturated carbocycles. The molecule has 0 N–H and O–H groups in total. The summed E-state index contributed by atoms with van der Waals surface area (Å²) in [6, 6.07) is 0. The van der Waals surface area contributed by atoms with Gasteiger partial charge in [0.25, 0.3) is 0 Å². The van der Waals surface area contributed by atoms with Gasteiger partial charge in [-0.3, -0.25) is 0 Å². The van der Waals surface area contributed by atoms with Crippen LogP contribution in [0.3, 0.4) is 0 Å². The van der Waals surface area contributed by atoms with Crippen LogP contribution in [0.1, 0.15) is 2.85 Å². The summed E-state index contributed by atoms with van der Waals surface area (Å²) in [4.78, 5) is 0. The van der Waals surface area contributed by atoms with Crippen LogP contribution in [0.5, 0.6) is 0 Å². The second-order valence-electron chi connectivity index (χ2n) is 0.378. The van der Waals surface area contributed by atoms with E-state index in [0.717, 1.165) is 0 Å². The van der Waals surface area contributed by atoms with Gasteiger partial charge in [0.1, 0.15) is 0 Å². The molecule has 0 aromatic rings. The van der Waals surface area contributed by atoms with Gasteiger partial charge in [0.2, 0.25) is 0 Å². The number of halogens is 1. The Kier molecular flexibility index (Phi) is 15.3. The van der Waals surface area contributed by atoms with Crippen LogP contribution in [0, 0.1) is 10.2 Å². The van der Waals surface area contributed by atoms with Gasteiger partial charge in [-0.25, -0.2) is 18.6 Å². The average Bonchev–Trinajstić information content (AvgIpc) is 0.722. The minimum absolute atomic E-state index is 0. The van der Waals surface area contributed by atoms with Crippen molar-refractivity contribution in [2.24, 2.45) is 0 Å². The quantitative estimate of drug-likeness (QED) is 0.353. The number of rotatable bonds is 0. The van der Waals surface area contributed by atoms with E-state index >= 15 is 0 Å². The maximum atomic E-state index is 8.49. The predicted molar refractivity (Wildman–Crippen MR) is 2.22 cm³/mol. The topological polar surface area (TPSA) is 92.2 Å². The first-order valence-electron chi connectivity index (χ1n) is 0.617. The zero-order chi connectivity index (χ0) is 4.50. The van der Waals surface area contributed by atoms with E-state index in [0.29, 0.717) is 0 Å². The second kappa shape index (κ2) is 6.60. The van der Waals surface area contributed by atoms with Crippen molar-refractivity contribution in [2.45, 2.75) is 0 Å². The van der Waals surface area contributed by atoms with E-state index in [9.17, 15) is 0 Å². The smallest absolute Gasteiger partial charge is 1.00 e. The van der Waals surface area contributed by atoms with Gasteiger partial charge < -0.3 is 2.85 Å². The molecule has 0 aliphatic carbocycles. The Morgan fingerprint density at radius 3 is 1.00 bits per heavy atom. The molecule has 0 bridgehead atoms. The van der Waals surface area contributed by atoms with Crippen molar-refractivity contribution < 1.29 is 105 Å². The molecule has 0 unspecified atom stereocenters. The molecular formula is H2ClKO4Ti+2. The van der Waals surface area contributed by atoms with Crippen LogP contribution in [0.25, 0.3) is 0 Å². The molecule has 0 saturated heterocycles. The summed E-state index contributed by atoms with van der Waals surface area (Å²) in [6.07, 6.45) is 0. The summed E-state index contributed by atoms with van der Waals surface area (Å²) < 4.78 is 34.0. The van der Waals surface area contributed by atoms with Crippen molar-refractivity contribution in [3.63, 3.8) is 0 Å². The average molecular weight is 188 g/mol. The van der Waals surface area contributed by atoms with Crippen LogP contribution in [-0.2, 0) is 21.7 Å². The van der Waals surface area contributed by atoms with E-state index in [-0.39, 0.29) is 76.0 Å². The van der Waals surface area contributed by atoms with Crippen LogP contribution < -0.4 is 70.0 Å². The molecular weight excluding hydrogens is 186 g/mol. The van der Waals surface area contributed by atoms with E-state index in [1.165, 1.54) is 0 Å². The molecule has 0 heterocycles. The molecule has 0 spiro atoms. The third kappa shape index (κ3) is 57.9. The van der Waals surface area contributed by atoms with Crippen molar-refractivity contribution in [3.8, 4) is 0 Å². The van der Waals surface area contributed by atoms with Crippen molar-refractivity contribution in [2.75, 3.05) is 0 Å². The fourth-order valence-corrected chi connectivity index (χ4v) is 0. The van der Waals surface area contributed by atoms with Gasteiger partial charge >= 0.3 is 73.1 Å².